The molecule has 2 N–H and O–H groups in total. The number of H-pyrrole nitrogens is 1. The van der Waals surface area contributed by atoms with E-state index in [-0.39, 0.29) is 11.8 Å². The highest BCUT2D eigenvalue weighted by molar-refractivity contribution is 5.99. The van der Waals surface area contributed by atoms with Crippen LogP contribution < -0.4 is 10.2 Å². The van der Waals surface area contributed by atoms with Crippen molar-refractivity contribution in [3.05, 3.63) is 64.8 Å². The third-order valence-electron chi connectivity index (χ3n) is 5.34. The van der Waals surface area contributed by atoms with E-state index in [4.69, 9.17) is 0 Å². The molecule has 4 rings (SSSR count). The summed E-state index contributed by atoms with van der Waals surface area (Å²) in [7, 11) is 0. The lowest BCUT2D eigenvalue weighted by atomic mass is 10.1. The number of aryl methyl sites for hydroxylation is 2. The average Bonchev–Trinajstić information content (AvgIpc) is 3.23. The van der Waals surface area contributed by atoms with Gasteiger partial charge in [0.2, 0.25) is 5.91 Å². The first-order valence-electron chi connectivity index (χ1n) is 9.29. The Labute approximate surface area is 158 Å². The molecule has 0 saturated carbocycles. The number of carbonyl (C=O) groups excluding carboxylic acids is 2. The van der Waals surface area contributed by atoms with Gasteiger partial charge in [0.15, 0.2) is 0 Å². The summed E-state index contributed by atoms with van der Waals surface area (Å²) in [6.07, 6.45) is 1.55. The first kappa shape index (κ1) is 17.3. The van der Waals surface area contributed by atoms with Gasteiger partial charge in [-0.1, -0.05) is 12.1 Å². The van der Waals surface area contributed by atoms with E-state index in [1.54, 1.807) is 0 Å². The summed E-state index contributed by atoms with van der Waals surface area (Å²) < 4.78 is 0. The molecule has 0 bridgehead atoms. The Kier molecular flexibility index (Phi) is 4.44. The van der Waals surface area contributed by atoms with Crippen LogP contribution in [-0.2, 0) is 11.3 Å². The van der Waals surface area contributed by atoms with Gasteiger partial charge in [-0.2, -0.15) is 0 Å². The Morgan fingerprint density at radius 3 is 2.63 bits per heavy atom. The fraction of sp³-hybridized carbons (Fsp3) is 0.273. The zero-order valence-electron chi connectivity index (χ0n) is 15.6. The molecule has 5 heteroatoms. The molecule has 0 spiro atoms. The molecule has 1 saturated heterocycles. The summed E-state index contributed by atoms with van der Waals surface area (Å²) >= 11 is 0. The summed E-state index contributed by atoms with van der Waals surface area (Å²) in [6.45, 7) is 5.34. The first-order chi connectivity index (χ1) is 13.0. The summed E-state index contributed by atoms with van der Waals surface area (Å²) in [5.41, 5.74) is 5.94. The van der Waals surface area contributed by atoms with Crippen molar-refractivity contribution in [3.63, 3.8) is 0 Å². The Morgan fingerprint density at radius 2 is 1.93 bits per heavy atom. The van der Waals surface area contributed by atoms with Crippen molar-refractivity contribution >= 4 is 28.4 Å². The van der Waals surface area contributed by atoms with Gasteiger partial charge in [-0.25, -0.2) is 0 Å². The molecule has 5 nitrogen and oxygen atoms in total. The van der Waals surface area contributed by atoms with E-state index in [9.17, 15) is 9.59 Å². The Morgan fingerprint density at radius 1 is 1.15 bits per heavy atom. The summed E-state index contributed by atoms with van der Waals surface area (Å²) in [5, 5.41) is 4.06. The number of benzene rings is 2. The van der Waals surface area contributed by atoms with Crippen molar-refractivity contribution in [2.75, 3.05) is 11.4 Å². The lowest BCUT2D eigenvalue weighted by molar-refractivity contribution is -0.117. The molecule has 1 aromatic heterocycles. The topological polar surface area (TPSA) is 65.2 Å². The number of anilines is 1. The second-order valence-corrected chi connectivity index (χ2v) is 7.13. The number of aromatic nitrogens is 1. The minimum Gasteiger partial charge on any atom is -0.358 e. The highest BCUT2D eigenvalue weighted by Gasteiger charge is 2.21. The predicted octanol–water partition coefficient (Wildman–Crippen LogP) is 3.84. The van der Waals surface area contributed by atoms with Gasteiger partial charge in [0, 0.05) is 47.4 Å². The molecule has 1 fully saturated rings. The van der Waals surface area contributed by atoms with Crippen LogP contribution in [-0.4, -0.2) is 23.3 Å². The molecule has 0 unspecified atom stereocenters. The van der Waals surface area contributed by atoms with Gasteiger partial charge < -0.3 is 15.2 Å². The van der Waals surface area contributed by atoms with Crippen LogP contribution in [0.2, 0.25) is 0 Å². The van der Waals surface area contributed by atoms with Crippen LogP contribution >= 0.6 is 0 Å². The molecule has 27 heavy (non-hydrogen) atoms. The number of nitrogens with one attached hydrogen (secondary N) is 2. The van der Waals surface area contributed by atoms with E-state index >= 15 is 0 Å². The molecule has 0 atom stereocenters. The largest absolute Gasteiger partial charge is 0.358 e. The minimum absolute atomic E-state index is 0.0889. The van der Waals surface area contributed by atoms with E-state index in [1.165, 1.54) is 5.56 Å². The Balaban J connectivity index is 1.43. The minimum atomic E-state index is -0.0889. The average molecular weight is 361 g/mol. The third-order valence-corrected chi connectivity index (χ3v) is 5.34. The number of aromatic amines is 1. The van der Waals surface area contributed by atoms with Crippen molar-refractivity contribution in [2.24, 2.45) is 0 Å². The molecule has 138 valence electrons. The summed E-state index contributed by atoms with van der Waals surface area (Å²) in [4.78, 5) is 29.5. The highest BCUT2D eigenvalue weighted by atomic mass is 16.2. The number of amides is 2. The van der Waals surface area contributed by atoms with Crippen molar-refractivity contribution in [1.82, 2.24) is 10.3 Å². The Hall–Kier alpha value is -3.08. The van der Waals surface area contributed by atoms with E-state index in [0.29, 0.717) is 18.5 Å². The highest BCUT2D eigenvalue weighted by Crippen LogP contribution is 2.23. The molecule has 2 heterocycles. The molecule has 0 radical (unpaired) electrons. The van der Waals surface area contributed by atoms with Gasteiger partial charge in [-0.15, -0.1) is 0 Å². The number of rotatable bonds is 4. The first-order valence-corrected chi connectivity index (χ1v) is 9.29. The third kappa shape index (κ3) is 3.33. The van der Waals surface area contributed by atoms with Crippen LogP contribution in [0.25, 0.3) is 10.9 Å². The SMILES string of the molecule is Cc1[nH]c2ccc(C(=O)NCc3ccc(N4CCCC4=O)cc3)cc2c1C. The van der Waals surface area contributed by atoms with Crippen LogP contribution in [0.1, 0.15) is 40.0 Å². The van der Waals surface area contributed by atoms with Gasteiger partial charge in [-0.3, -0.25) is 9.59 Å². The lowest BCUT2D eigenvalue weighted by Crippen LogP contribution is -2.24. The molecular weight excluding hydrogens is 338 g/mol. The molecule has 1 aliphatic heterocycles. The van der Waals surface area contributed by atoms with E-state index in [2.05, 4.69) is 17.2 Å². The quantitative estimate of drug-likeness (QED) is 0.741. The van der Waals surface area contributed by atoms with E-state index in [1.807, 2.05) is 54.3 Å². The predicted molar refractivity (Wildman–Crippen MR) is 107 cm³/mol. The van der Waals surface area contributed by atoms with Gasteiger partial charge in [0.25, 0.3) is 5.91 Å². The fourth-order valence-electron chi connectivity index (χ4n) is 3.60. The number of fused-ring (bicyclic) bond motifs is 1. The monoisotopic (exact) mass is 361 g/mol. The zero-order valence-corrected chi connectivity index (χ0v) is 15.6. The van der Waals surface area contributed by atoms with Crippen LogP contribution in [0.5, 0.6) is 0 Å². The van der Waals surface area contributed by atoms with Gasteiger partial charge in [0.1, 0.15) is 0 Å². The van der Waals surface area contributed by atoms with E-state index < -0.39 is 0 Å². The second kappa shape index (κ2) is 6.91. The normalized spacial score (nSPS) is 14.1. The second-order valence-electron chi connectivity index (χ2n) is 7.13. The number of hydrogen-bond acceptors (Lipinski definition) is 2. The Bertz CT molecular complexity index is 1020. The summed E-state index contributed by atoms with van der Waals surface area (Å²) in [6, 6.07) is 13.5. The number of nitrogens with zero attached hydrogens (tertiary/aromatic N) is 1. The van der Waals surface area contributed by atoms with Crippen molar-refractivity contribution < 1.29 is 9.59 Å². The van der Waals surface area contributed by atoms with Gasteiger partial charge in [-0.05, 0) is 61.7 Å². The van der Waals surface area contributed by atoms with Crippen LogP contribution in [0, 0.1) is 13.8 Å². The maximum atomic E-state index is 12.5. The number of hydrogen-bond donors (Lipinski definition) is 2. The van der Waals surface area contributed by atoms with E-state index in [0.717, 1.165) is 40.8 Å². The molecule has 3 aromatic rings. The maximum Gasteiger partial charge on any atom is 0.251 e. The van der Waals surface area contributed by atoms with Gasteiger partial charge >= 0.3 is 0 Å². The molecule has 1 aliphatic rings. The van der Waals surface area contributed by atoms with Crippen LogP contribution in [0.3, 0.4) is 0 Å². The number of carbonyl (C=O) groups is 2. The van der Waals surface area contributed by atoms with Crippen molar-refractivity contribution in [1.29, 1.82) is 0 Å². The molecule has 2 amide bonds. The van der Waals surface area contributed by atoms with Gasteiger partial charge in [0.05, 0.1) is 0 Å². The summed E-state index contributed by atoms with van der Waals surface area (Å²) in [5.74, 6) is 0.0932. The van der Waals surface area contributed by atoms with Crippen LogP contribution in [0.4, 0.5) is 5.69 Å². The molecular formula is C22H23N3O2. The maximum absolute atomic E-state index is 12.5. The fourth-order valence-corrected chi connectivity index (χ4v) is 3.60. The standard InChI is InChI=1S/C22H23N3O2/c1-14-15(2)24-20-10-7-17(12-19(14)20)22(27)23-13-16-5-8-18(9-6-16)25-11-3-4-21(25)26/h5-10,12,24H,3-4,11,13H2,1-2H3,(H,23,27). The van der Waals surface area contributed by atoms with Crippen LogP contribution in [0.15, 0.2) is 42.5 Å². The smallest absolute Gasteiger partial charge is 0.251 e. The lowest BCUT2D eigenvalue weighted by Gasteiger charge is -2.16. The molecule has 0 aliphatic carbocycles. The zero-order chi connectivity index (χ0) is 19.0. The molecule has 2 aromatic carbocycles. The van der Waals surface area contributed by atoms with Crippen molar-refractivity contribution in [3.8, 4) is 0 Å². The van der Waals surface area contributed by atoms with Crippen molar-refractivity contribution in [2.45, 2.75) is 33.2 Å².